The van der Waals surface area contributed by atoms with Crippen LogP contribution in [0.5, 0.6) is 0 Å². The van der Waals surface area contributed by atoms with Gasteiger partial charge in [-0.2, -0.15) is 0 Å². The molecule has 0 heterocycles. The van der Waals surface area contributed by atoms with Crippen molar-refractivity contribution in [2.75, 3.05) is 0 Å². The molecular weight excluding hydrogens is 292 g/mol. The van der Waals surface area contributed by atoms with Gasteiger partial charge in [0.05, 0.1) is 0 Å². The molecule has 0 bridgehead atoms. The first-order valence-corrected chi connectivity index (χ1v) is 5.87. The summed E-state index contributed by atoms with van der Waals surface area (Å²) in [5.41, 5.74) is 1.35. The van der Waals surface area contributed by atoms with E-state index in [4.69, 9.17) is 0 Å². The Morgan fingerprint density at radius 3 is 2.77 bits per heavy atom. The van der Waals surface area contributed by atoms with Crippen molar-refractivity contribution >= 4 is 31.9 Å². The quantitative estimate of drug-likeness (QED) is 0.709. The fraction of sp³-hybridized carbons (Fsp3) is 0.273. The minimum Gasteiger partial charge on any atom is -0.0917 e. The van der Waals surface area contributed by atoms with Crippen molar-refractivity contribution in [3.8, 4) is 0 Å². The summed E-state index contributed by atoms with van der Waals surface area (Å²) >= 11 is 7.00. The van der Waals surface area contributed by atoms with Crippen molar-refractivity contribution in [3.63, 3.8) is 0 Å². The Morgan fingerprint density at radius 1 is 1.31 bits per heavy atom. The first-order chi connectivity index (χ1) is 6.24. The third kappa shape index (κ3) is 3.65. The van der Waals surface area contributed by atoms with Crippen LogP contribution in [0.25, 0.3) is 0 Å². The lowest BCUT2D eigenvalue weighted by Gasteiger charge is -2.02. The standard InChI is InChI=1S/C11H12Br2/c1-2-3-4-5-9-8-10(12)6-7-11(9)13/h2-3,6-8H,4-5H2,1H3/b3-2-. The molecule has 1 aromatic carbocycles. The zero-order chi connectivity index (χ0) is 9.68. The molecule has 1 aromatic rings. The molecule has 2 heteroatoms. The monoisotopic (exact) mass is 302 g/mol. The topological polar surface area (TPSA) is 0 Å². The molecule has 0 amide bonds. The Morgan fingerprint density at radius 2 is 2.08 bits per heavy atom. The molecule has 0 atom stereocenters. The second-order valence-corrected chi connectivity index (χ2v) is 4.61. The van der Waals surface area contributed by atoms with Gasteiger partial charge in [0.1, 0.15) is 0 Å². The van der Waals surface area contributed by atoms with E-state index in [0.717, 1.165) is 17.3 Å². The van der Waals surface area contributed by atoms with Crippen LogP contribution in [0.2, 0.25) is 0 Å². The Kier molecular flexibility index (Phi) is 4.74. The summed E-state index contributed by atoms with van der Waals surface area (Å²) in [5.74, 6) is 0. The van der Waals surface area contributed by atoms with Crippen molar-refractivity contribution in [1.29, 1.82) is 0 Å². The minimum absolute atomic E-state index is 1.09. The third-order valence-electron chi connectivity index (χ3n) is 1.82. The summed E-state index contributed by atoms with van der Waals surface area (Å²) < 4.78 is 2.34. The van der Waals surface area contributed by atoms with Crippen LogP contribution in [0.3, 0.4) is 0 Å². The Bertz CT molecular complexity index is 303. The van der Waals surface area contributed by atoms with Crippen LogP contribution in [0, 0.1) is 0 Å². The Labute approximate surface area is 96.3 Å². The van der Waals surface area contributed by atoms with Gasteiger partial charge in [-0.15, -0.1) is 0 Å². The van der Waals surface area contributed by atoms with Crippen LogP contribution >= 0.6 is 31.9 Å². The van der Waals surface area contributed by atoms with Gasteiger partial charge in [-0.05, 0) is 43.5 Å². The van der Waals surface area contributed by atoms with Crippen molar-refractivity contribution in [1.82, 2.24) is 0 Å². The highest BCUT2D eigenvalue weighted by molar-refractivity contribution is 9.11. The van der Waals surface area contributed by atoms with E-state index < -0.39 is 0 Å². The molecule has 0 unspecified atom stereocenters. The first-order valence-electron chi connectivity index (χ1n) is 4.29. The maximum atomic E-state index is 3.54. The van der Waals surface area contributed by atoms with Crippen molar-refractivity contribution in [2.45, 2.75) is 19.8 Å². The van der Waals surface area contributed by atoms with Crippen molar-refractivity contribution in [3.05, 3.63) is 44.9 Å². The maximum absolute atomic E-state index is 3.54. The highest BCUT2D eigenvalue weighted by atomic mass is 79.9. The molecule has 0 saturated heterocycles. The number of hydrogen-bond acceptors (Lipinski definition) is 0. The SMILES string of the molecule is C/C=C\CCc1cc(Br)ccc1Br. The van der Waals surface area contributed by atoms with Crippen molar-refractivity contribution < 1.29 is 0 Å². The molecule has 0 fully saturated rings. The van der Waals surface area contributed by atoms with E-state index in [0.29, 0.717) is 0 Å². The maximum Gasteiger partial charge on any atom is 0.0208 e. The molecule has 0 radical (unpaired) electrons. The van der Waals surface area contributed by atoms with Gasteiger partial charge in [0.2, 0.25) is 0 Å². The lowest BCUT2D eigenvalue weighted by molar-refractivity contribution is 0.991. The molecular formula is C11H12Br2. The van der Waals surface area contributed by atoms with Crippen LogP contribution < -0.4 is 0 Å². The van der Waals surface area contributed by atoms with E-state index in [1.165, 1.54) is 10.0 Å². The molecule has 0 aliphatic carbocycles. The lowest BCUT2D eigenvalue weighted by atomic mass is 10.1. The molecule has 1 rings (SSSR count). The minimum atomic E-state index is 1.09. The largest absolute Gasteiger partial charge is 0.0917 e. The predicted octanol–water partition coefficient (Wildman–Crippen LogP) is 4.72. The van der Waals surface area contributed by atoms with Crippen LogP contribution in [0.4, 0.5) is 0 Å². The second kappa shape index (κ2) is 5.61. The number of halogens is 2. The highest BCUT2D eigenvalue weighted by Gasteiger charge is 1.98. The van der Waals surface area contributed by atoms with E-state index in [1.807, 2.05) is 6.07 Å². The molecule has 0 aromatic heterocycles. The third-order valence-corrected chi connectivity index (χ3v) is 3.09. The Hall–Kier alpha value is -0.0800. The summed E-state index contributed by atoms with van der Waals surface area (Å²) in [6.07, 6.45) is 6.47. The molecule has 70 valence electrons. The second-order valence-electron chi connectivity index (χ2n) is 2.84. The first kappa shape index (κ1) is 11.0. The van der Waals surface area contributed by atoms with Crippen LogP contribution in [-0.4, -0.2) is 0 Å². The highest BCUT2D eigenvalue weighted by Crippen LogP contribution is 2.22. The number of hydrogen-bond donors (Lipinski definition) is 0. The molecule has 0 nitrogen and oxygen atoms in total. The van der Waals surface area contributed by atoms with E-state index >= 15 is 0 Å². The van der Waals surface area contributed by atoms with Crippen LogP contribution in [0.1, 0.15) is 18.9 Å². The fourth-order valence-corrected chi connectivity index (χ4v) is 1.99. The predicted molar refractivity (Wildman–Crippen MR) is 65.0 cm³/mol. The van der Waals surface area contributed by atoms with Crippen molar-refractivity contribution in [2.24, 2.45) is 0 Å². The van der Waals surface area contributed by atoms with Gasteiger partial charge in [0.25, 0.3) is 0 Å². The van der Waals surface area contributed by atoms with Gasteiger partial charge in [0.15, 0.2) is 0 Å². The zero-order valence-electron chi connectivity index (χ0n) is 7.56. The Balaban J connectivity index is 2.69. The normalized spacial score (nSPS) is 11.0. The lowest BCUT2D eigenvalue weighted by Crippen LogP contribution is -1.85. The number of benzene rings is 1. The number of allylic oxidation sites excluding steroid dienone is 2. The molecule has 0 N–H and O–H groups in total. The molecule has 0 aliphatic heterocycles. The summed E-state index contributed by atoms with van der Waals surface area (Å²) in [7, 11) is 0. The van der Waals surface area contributed by atoms with Gasteiger partial charge in [0, 0.05) is 8.95 Å². The molecule has 0 saturated carbocycles. The van der Waals surface area contributed by atoms with E-state index in [1.54, 1.807) is 0 Å². The molecule has 0 aliphatic rings. The summed E-state index contributed by atoms with van der Waals surface area (Å²) in [4.78, 5) is 0. The average molecular weight is 304 g/mol. The van der Waals surface area contributed by atoms with Gasteiger partial charge in [-0.3, -0.25) is 0 Å². The molecule has 13 heavy (non-hydrogen) atoms. The van der Waals surface area contributed by atoms with E-state index in [2.05, 4.69) is 63.1 Å². The number of rotatable bonds is 3. The van der Waals surface area contributed by atoms with Gasteiger partial charge < -0.3 is 0 Å². The zero-order valence-corrected chi connectivity index (χ0v) is 10.7. The van der Waals surface area contributed by atoms with Gasteiger partial charge >= 0.3 is 0 Å². The smallest absolute Gasteiger partial charge is 0.0208 e. The van der Waals surface area contributed by atoms with Gasteiger partial charge in [-0.25, -0.2) is 0 Å². The average Bonchev–Trinajstić information content (AvgIpc) is 2.11. The fourth-order valence-electron chi connectivity index (χ4n) is 1.14. The summed E-state index contributed by atoms with van der Waals surface area (Å²) in [5, 5.41) is 0. The summed E-state index contributed by atoms with van der Waals surface area (Å²) in [6, 6.07) is 6.28. The van der Waals surface area contributed by atoms with E-state index in [9.17, 15) is 0 Å². The van der Waals surface area contributed by atoms with E-state index in [-0.39, 0.29) is 0 Å². The molecule has 0 spiro atoms. The number of aryl methyl sites for hydroxylation is 1. The van der Waals surface area contributed by atoms with Crippen LogP contribution in [-0.2, 0) is 6.42 Å². The summed E-state index contributed by atoms with van der Waals surface area (Å²) in [6.45, 7) is 2.05. The van der Waals surface area contributed by atoms with Crippen LogP contribution in [0.15, 0.2) is 39.3 Å². The van der Waals surface area contributed by atoms with Gasteiger partial charge in [-0.1, -0.05) is 44.0 Å².